The fraction of sp³-hybridized carbons (Fsp3) is 0.185. The second-order valence-corrected chi connectivity index (χ2v) is 7.64. The second kappa shape index (κ2) is 10.1. The Balaban J connectivity index is 1.86. The fourth-order valence-corrected chi connectivity index (χ4v) is 4.07. The van der Waals surface area contributed by atoms with Gasteiger partial charge in [-0.2, -0.15) is 0 Å². The average Bonchev–Trinajstić information content (AvgIpc) is 3.15. The van der Waals surface area contributed by atoms with E-state index in [2.05, 4.69) is 0 Å². The van der Waals surface area contributed by atoms with Crippen molar-refractivity contribution in [3.63, 3.8) is 0 Å². The molecule has 0 aliphatic heterocycles. The smallest absolute Gasteiger partial charge is 0.227 e. The van der Waals surface area contributed by atoms with Crippen molar-refractivity contribution in [2.24, 2.45) is 0 Å². The third-order valence-electron chi connectivity index (χ3n) is 5.52. The molecule has 0 unspecified atom stereocenters. The highest BCUT2D eigenvalue weighted by Crippen LogP contribution is 2.33. The number of aromatic nitrogens is 1. The molecular weight excluding hydrogens is 402 g/mol. The summed E-state index contributed by atoms with van der Waals surface area (Å²) >= 11 is 0. The van der Waals surface area contributed by atoms with Gasteiger partial charge in [-0.3, -0.25) is 9.59 Å². The molecule has 0 saturated heterocycles. The molecule has 0 atom stereocenters. The maximum absolute atomic E-state index is 12.8. The molecule has 0 bridgehead atoms. The van der Waals surface area contributed by atoms with Crippen LogP contribution < -0.4 is 4.74 Å². The molecule has 2 aromatic carbocycles. The van der Waals surface area contributed by atoms with E-state index in [9.17, 15) is 14.7 Å². The van der Waals surface area contributed by atoms with Gasteiger partial charge in [0.2, 0.25) is 5.78 Å². The number of ether oxygens (including phenoxy) is 1. The van der Waals surface area contributed by atoms with Crippen LogP contribution >= 0.6 is 0 Å². The summed E-state index contributed by atoms with van der Waals surface area (Å²) in [6.07, 6.45) is 3.84. The lowest BCUT2D eigenvalue weighted by molar-refractivity contribution is -0.104. The van der Waals surface area contributed by atoms with Crippen LogP contribution in [0.3, 0.4) is 0 Å². The van der Waals surface area contributed by atoms with E-state index >= 15 is 0 Å². The standard InChI is InChI=1S/C27H25NO4/c29-16-8-13-22-23(17-20-9-3-1-4-10-20)28-15-7-14-25(27(28)26(22)24(31)18-30)32-19-21-11-5-2-6-12-21/h1-7,9-12,14-15,18,29H,8,13,16-17,19H2. The van der Waals surface area contributed by atoms with Gasteiger partial charge in [-0.15, -0.1) is 0 Å². The quantitative estimate of drug-likeness (QED) is 0.231. The number of pyridine rings is 1. The van der Waals surface area contributed by atoms with Crippen molar-refractivity contribution in [3.8, 4) is 5.75 Å². The molecule has 5 heteroatoms. The molecule has 0 radical (unpaired) electrons. The molecule has 5 nitrogen and oxygen atoms in total. The molecule has 4 aromatic rings. The summed E-state index contributed by atoms with van der Waals surface area (Å²) in [5.41, 5.74) is 4.78. The van der Waals surface area contributed by atoms with Crippen LogP contribution in [0.5, 0.6) is 5.75 Å². The van der Waals surface area contributed by atoms with E-state index in [1.54, 1.807) is 0 Å². The third-order valence-corrected chi connectivity index (χ3v) is 5.52. The highest BCUT2D eigenvalue weighted by molar-refractivity contribution is 6.36. The number of carbonyl (C=O) groups excluding carboxylic acids is 2. The normalized spacial score (nSPS) is 10.9. The summed E-state index contributed by atoms with van der Waals surface area (Å²) < 4.78 is 8.08. The van der Waals surface area contributed by atoms with E-state index in [-0.39, 0.29) is 6.61 Å². The van der Waals surface area contributed by atoms with Crippen LogP contribution in [0.4, 0.5) is 0 Å². The predicted octanol–water partition coefficient (Wildman–Crippen LogP) is 4.42. The molecule has 4 rings (SSSR count). The SMILES string of the molecule is O=CC(=O)c1c(CCCO)c(Cc2ccccc2)n2cccc(OCc3ccccc3)c12. The van der Waals surface area contributed by atoms with Crippen molar-refractivity contribution < 1.29 is 19.4 Å². The highest BCUT2D eigenvalue weighted by atomic mass is 16.5. The Morgan fingerprint density at radius 3 is 2.28 bits per heavy atom. The molecule has 2 heterocycles. The lowest BCUT2D eigenvalue weighted by atomic mass is 9.98. The number of rotatable bonds is 10. The number of Topliss-reactive ketones (excluding diaryl/α,β-unsaturated/α-hetero) is 1. The van der Waals surface area contributed by atoms with E-state index in [4.69, 9.17) is 4.74 Å². The van der Waals surface area contributed by atoms with Gasteiger partial charge < -0.3 is 14.2 Å². The van der Waals surface area contributed by atoms with Gasteiger partial charge in [0.1, 0.15) is 12.4 Å². The molecule has 0 aliphatic carbocycles. The summed E-state index contributed by atoms with van der Waals surface area (Å²) in [4.78, 5) is 24.4. The minimum absolute atomic E-state index is 0.00303. The molecule has 32 heavy (non-hydrogen) atoms. The first kappa shape index (κ1) is 21.5. The molecular formula is C27H25NO4. The van der Waals surface area contributed by atoms with Crippen LogP contribution in [0.25, 0.3) is 5.52 Å². The lowest BCUT2D eigenvalue weighted by Crippen LogP contribution is -2.06. The van der Waals surface area contributed by atoms with E-state index in [1.165, 1.54) is 0 Å². The van der Waals surface area contributed by atoms with E-state index in [0.29, 0.717) is 49.0 Å². The zero-order valence-corrected chi connectivity index (χ0v) is 17.7. The van der Waals surface area contributed by atoms with Crippen LogP contribution in [0.15, 0.2) is 79.0 Å². The van der Waals surface area contributed by atoms with Crippen molar-refractivity contribution in [1.82, 2.24) is 4.40 Å². The number of fused-ring (bicyclic) bond motifs is 1. The van der Waals surface area contributed by atoms with E-state index < -0.39 is 5.78 Å². The van der Waals surface area contributed by atoms with Crippen LogP contribution in [0, 0.1) is 0 Å². The topological polar surface area (TPSA) is 68.0 Å². The maximum atomic E-state index is 12.8. The van der Waals surface area contributed by atoms with Crippen molar-refractivity contribution in [1.29, 1.82) is 0 Å². The minimum atomic E-state index is -0.578. The molecule has 0 amide bonds. The molecule has 0 aliphatic rings. The van der Waals surface area contributed by atoms with Gasteiger partial charge in [0, 0.05) is 24.9 Å². The predicted molar refractivity (Wildman–Crippen MR) is 123 cm³/mol. The van der Waals surface area contributed by atoms with E-state index in [1.807, 2.05) is 83.4 Å². The monoisotopic (exact) mass is 427 g/mol. The average molecular weight is 428 g/mol. The maximum Gasteiger partial charge on any atom is 0.227 e. The van der Waals surface area contributed by atoms with Crippen molar-refractivity contribution in [3.05, 3.63) is 107 Å². The minimum Gasteiger partial charge on any atom is -0.487 e. The Morgan fingerprint density at radius 1 is 0.938 bits per heavy atom. The number of hydrogen-bond acceptors (Lipinski definition) is 4. The summed E-state index contributed by atoms with van der Waals surface area (Å²) in [7, 11) is 0. The Kier molecular flexibility index (Phi) is 6.78. The second-order valence-electron chi connectivity index (χ2n) is 7.64. The van der Waals surface area contributed by atoms with Crippen molar-refractivity contribution >= 4 is 17.6 Å². The van der Waals surface area contributed by atoms with Gasteiger partial charge in [-0.05, 0) is 41.7 Å². The van der Waals surface area contributed by atoms with Gasteiger partial charge in [0.15, 0.2) is 6.29 Å². The van der Waals surface area contributed by atoms with Crippen LogP contribution in [0.1, 0.15) is 39.2 Å². The first-order chi connectivity index (χ1) is 15.7. The highest BCUT2D eigenvalue weighted by Gasteiger charge is 2.25. The van der Waals surface area contributed by atoms with Gasteiger partial charge in [-0.25, -0.2) is 0 Å². The number of hydrogen-bond donors (Lipinski definition) is 1. The Bertz CT molecular complexity index is 1210. The Hall–Kier alpha value is -3.70. The summed E-state index contributed by atoms with van der Waals surface area (Å²) in [5.74, 6) is -0.0309. The van der Waals surface area contributed by atoms with Gasteiger partial charge >= 0.3 is 0 Å². The summed E-state index contributed by atoms with van der Waals surface area (Å²) in [5, 5.41) is 9.45. The Morgan fingerprint density at radius 2 is 1.62 bits per heavy atom. The molecule has 2 aromatic heterocycles. The zero-order chi connectivity index (χ0) is 22.3. The third kappa shape index (κ3) is 4.48. The number of benzene rings is 2. The first-order valence-corrected chi connectivity index (χ1v) is 10.7. The molecule has 162 valence electrons. The Labute approximate surface area is 186 Å². The van der Waals surface area contributed by atoms with E-state index in [0.717, 1.165) is 22.4 Å². The number of aldehydes is 1. The van der Waals surface area contributed by atoms with Crippen LogP contribution in [-0.2, 0) is 24.2 Å². The lowest BCUT2D eigenvalue weighted by Gasteiger charge is -2.10. The van der Waals surface area contributed by atoms with Crippen molar-refractivity contribution in [2.75, 3.05) is 6.61 Å². The molecule has 0 saturated carbocycles. The largest absolute Gasteiger partial charge is 0.487 e. The number of carbonyl (C=O) groups is 2. The fourth-order valence-electron chi connectivity index (χ4n) is 4.07. The van der Waals surface area contributed by atoms with Gasteiger partial charge in [0.05, 0.1) is 11.1 Å². The van der Waals surface area contributed by atoms with Crippen LogP contribution in [0.2, 0.25) is 0 Å². The van der Waals surface area contributed by atoms with Crippen LogP contribution in [-0.4, -0.2) is 28.2 Å². The first-order valence-electron chi connectivity index (χ1n) is 10.7. The summed E-state index contributed by atoms with van der Waals surface area (Å²) in [6.45, 7) is 0.351. The van der Waals surface area contributed by atoms with Crippen molar-refractivity contribution in [2.45, 2.75) is 25.9 Å². The summed E-state index contributed by atoms with van der Waals surface area (Å²) in [6, 6.07) is 23.5. The number of nitrogens with zero attached hydrogens (tertiary/aromatic N) is 1. The molecule has 0 spiro atoms. The zero-order valence-electron chi connectivity index (χ0n) is 17.7. The molecule has 1 N–H and O–H groups in total. The number of aliphatic hydroxyl groups excluding tert-OH is 1. The molecule has 0 fully saturated rings. The number of aliphatic hydroxyl groups is 1. The number of ketones is 1. The van der Waals surface area contributed by atoms with Gasteiger partial charge in [-0.1, -0.05) is 60.7 Å². The van der Waals surface area contributed by atoms with Gasteiger partial charge in [0.25, 0.3) is 0 Å².